The molecular formula is C14H28Cl2O2. The van der Waals surface area contributed by atoms with Crippen LogP contribution in [0.2, 0.25) is 0 Å². The van der Waals surface area contributed by atoms with Crippen molar-refractivity contribution in [2.75, 3.05) is 38.2 Å². The zero-order valence-corrected chi connectivity index (χ0v) is 13.0. The van der Waals surface area contributed by atoms with Crippen molar-refractivity contribution in [1.29, 1.82) is 0 Å². The standard InChI is InChI=1S/C14H28Cl2O2/c15-9-5-1-3-7-11-17-13-14-18-12-8-4-2-6-10-16/h1-14H2. The van der Waals surface area contributed by atoms with Gasteiger partial charge in [0.2, 0.25) is 0 Å². The highest BCUT2D eigenvalue weighted by Gasteiger charge is 1.93. The first-order chi connectivity index (χ1) is 8.91. The molecule has 4 heteroatoms. The second-order valence-corrected chi connectivity index (χ2v) is 5.19. The van der Waals surface area contributed by atoms with Gasteiger partial charge in [-0.05, 0) is 25.7 Å². The minimum Gasteiger partial charge on any atom is -0.379 e. The summed E-state index contributed by atoms with van der Waals surface area (Å²) in [4.78, 5) is 0. The topological polar surface area (TPSA) is 18.5 Å². The monoisotopic (exact) mass is 298 g/mol. The van der Waals surface area contributed by atoms with Crippen molar-refractivity contribution < 1.29 is 9.47 Å². The van der Waals surface area contributed by atoms with E-state index in [2.05, 4.69) is 0 Å². The fourth-order valence-electron chi connectivity index (χ4n) is 1.63. The molecule has 0 N–H and O–H groups in total. The Labute approximate surface area is 122 Å². The summed E-state index contributed by atoms with van der Waals surface area (Å²) in [6.07, 6.45) is 9.37. The molecule has 0 aliphatic rings. The highest BCUT2D eigenvalue weighted by Crippen LogP contribution is 2.02. The first-order valence-corrected chi connectivity index (χ1v) is 8.26. The summed E-state index contributed by atoms with van der Waals surface area (Å²) >= 11 is 11.2. The zero-order chi connectivity index (χ0) is 13.3. The molecule has 0 aliphatic heterocycles. The van der Waals surface area contributed by atoms with Crippen molar-refractivity contribution in [3.05, 3.63) is 0 Å². The largest absolute Gasteiger partial charge is 0.379 e. The van der Waals surface area contributed by atoms with E-state index in [4.69, 9.17) is 32.7 Å². The number of unbranched alkanes of at least 4 members (excludes halogenated alkanes) is 6. The van der Waals surface area contributed by atoms with Gasteiger partial charge in [0.25, 0.3) is 0 Å². The van der Waals surface area contributed by atoms with Crippen LogP contribution in [0.3, 0.4) is 0 Å². The van der Waals surface area contributed by atoms with E-state index < -0.39 is 0 Å². The summed E-state index contributed by atoms with van der Waals surface area (Å²) in [5.74, 6) is 1.55. The van der Waals surface area contributed by atoms with Crippen LogP contribution in [0.25, 0.3) is 0 Å². The second kappa shape index (κ2) is 17.5. The predicted molar refractivity (Wildman–Crippen MR) is 80.0 cm³/mol. The van der Waals surface area contributed by atoms with Gasteiger partial charge < -0.3 is 9.47 Å². The Balaban J connectivity index is 2.86. The fourth-order valence-corrected chi connectivity index (χ4v) is 2.00. The van der Waals surface area contributed by atoms with E-state index in [1.165, 1.54) is 25.7 Å². The van der Waals surface area contributed by atoms with Crippen LogP contribution in [0.1, 0.15) is 51.4 Å². The molecule has 0 saturated heterocycles. The van der Waals surface area contributed by atoms with E-state index >= 15 is 0 Å². The van der Waals surface area contributed by atoms with Gasteiger partial charge in [0.05, 0.1) is 13.2 Å². The summed E-state index contributed by atoms with van der Waals surface area (Å²) in [6, 6.07) is 0. The minimum absolute atomic E-state index is 0.719. The van der Waals surface area contributed by atoms with Crippen LogP contribution in [0.4, 0.5) is 0 Å². The van der Waals surface area contributed by atoms with Crippen molar-refractivity contribution in [2.45, 2.75) is 51.4 Å². The number of rotatable bonds is 15. The maximum absolute atomic E-state index is 5.60. The first-order valence-electron chi connectivity index (χ1n) is 7.19. The van der Waals surface area contributed by atoms with Gasteiger partial charge in [0, 0.05) is 25.0 Å². The van der Waals surface area contributed by atoms with Gasteiger partial charge in [-0.2, -0.15) is 0 Å². The Bertz CT molecular complexity index is 130. The Hall–Kier alpha value is 0.500. The average Bonchev–Trinajstić information content (AvgIpc) is 2.39. The molecule has 0 aromatic carbocycles. The Morgan fingerprint density at radius 2 is 0.833 bits per heavy atom. The number of hydrogen-bond acceptors (Lipinski definition) is 2. The predicted octanol–water partition coefficient (Wildman–Crippen LogP) is 4.62. The molecule has 0 unspecified atom stereocenters. The van der Waals surface area contributed by atoms with Crippen LogP contribution >= 0.6 is 23.2 Å². The van der Waals surface area contributed by atoms with E-state index in [0.717, 1.165) is 63.9 Å². The van der Waals surface area contributed by atoms with E-state index in [-0.39, 0.29) is 0 Å². The average molecular weight is 299 g/mol. The van der Waals surface area contributed by atoms with E-state index in [0.29, 0.717) is 0 Å². The number of ether oxygens (including phenoxy) is 2. The van der Waals surface area contributed by atoms with Crippen molar-refractivity contribution in [1.82, 2.24) is 0 Å². The van der Waals surface area contributed by atoms with Crippen LogP contribution in [-0.4, -0.2) is 38.2 Å². The lowest BCUT2D eigenvalue weighted by molar-refractivity contribution is 0.0449. The van der Waals surface area contributed by atoms with Crippen LogP contribution in [-0.2, 0) is 9.47 Å². The second-order valence-electron chi connectivity index (χ2n) is 4.43. The van der Waals surface area contributed by atoms with Crippen molar-refractivity contribution in [3.63, 3.8) is 0 Å². The van der Waals surface area contributed by atoms with Gasteiger partial charge in [0.15, 0.2) is 0 Å². The molecule has 0 amide bonds. The molecule has 0 radical (unpaired) electrons. The lowest BCUT2D eigenvalue weighted by Gasteiger charge is -2.05. The molecule has 0 saturated carbocycles. The lowest BCUT2D eigenvalue weighted by Crippen LogP contribution is -2.06. The molecule has 0 spiro atoms. The number of hydrogen-bond donors (Lipinski definition) is 0. The van der Waals surface area contributed by atoms with Crippen molar-refractivity contribution in [3.8, 4) is 0 Å². The van der Waals surface area contributed by atoms with Gasteiger partial charge >= 0.3 is 0 Å². The van der Waals surface area contributed by atoms with Crippen LogP contribution in [0.5, 0.6) is 0 Å². The summed E-state index contributed by atoms with van der Waals surface area (Å²) in [7, 11) is 0. The maximum Gasteiger partial charge on any atom is 0.0700 e. The van der Waals surface area contributed by atoms with Gasteiger partial charge in [-0.25, -0.2) is 0 Å². The van der Waals surface area contributed by atoms with E-state index in [1.54, 1.807) is 0 Å². The van der Waals surface area contributed by atoms with Crippen LogP contribution in [0, 0.1) is 0 Å². The minimum atomic E-state index is 0.719. The smallest absolute Gasteiger partial charge is 0.0700 e. The van der Waals surface area contributed by atoms with Gasteiger partial charge in [-0.15, -0.1) is 23.2 Å². The third-order valence-electron chi connectivity index (χ3n) is 2.72. The lowest BCUT2D eigenvalue weighted by atomic mass is 10.2. The van der Waals surface area contributed by atoms with Crippen LogP contribution in [0.15, 0.2) is 0 Å². The van der Waals surface area contributed by atoms with Gasteiger partial charge in [0.1, 0.15) is 0 Å². The molecule has 0 heterocycles. The Morgan fingerprint density at radius 3 is 1.22 bits per heavy atom. The summed E-state index contributed by atoms with van der Waals surface area (Å²) in [5, 5.41) is 0. The molecule has 0 rings (SSSR count). The maximum atomic E-state index is 5.60. The number of alkyl halides is 2. The third kappa shape index (κ3) is 16.5. The fraction of sp³-hybridized carbons (Fsp3) is 1.00. The van der Waals surface area contributed by atoms with E-state index in [1.807, 2.05) is 0 Å². The highest BCUT2D eigenvalue weighted by atomic mass is 35.5. The SMILES string of the molecule is ClCCCCCCOCCOCCCCCCCl. The molecule has 110 valence electrons. The number of halogens is 2. The third-order valence-corrected chi connectivity index (χ3v) is 3.25. The van der Waals surface area contributed by atoms with E-state index in [9.17, 15) is 0 Å². The Kier molecular flexibility index (Phi) is 18.0. The molecule has 0 atom stereocenters. The molecule has 0 aromatic heterocycles. The van der Waals surface area contributed by atoms with Crippen molar-refractivity contribution in [2.24, 2.45) is 0 Å². The van der Waals surface area contributed by atoms with Crippen molar-refractivity contribution >= 4 is 23.2 Å². The molecule has 0 bridgehead atoms. The summed E-state index contributed by atoms with van der Waals surface area (Å²) in [5.41, 5.74) is 0. The van der Waals surface area contributed by atoms with Gasteiger partial charge in [-0.1, -0.05) is 25.7 Å². The summed E-state index contributed by atoms with van der Waals surface area (Å²) < 4.78 is 11.0. The molecule has 18 heavy (non-hydrogen) atoms. The molecule has 2 nitrogen and oxygen atoms in total. The molecule has 0 fully saturated rings. The van der Waals surface area contributed by atoms with Gasteiger partial charge in [-0.3, -0.25) is 0 Å². The quantitative estimate of drug-likeness (QED) is 0.324. The zero-order valence-electron chi connectivity index (χ0n) is 11.5. The highest BCUT2D eigenvalue weighted by molar-refractivity contribution is 6.18. The normalized spacial score (nSPS) is 11.0. The molecular weight excluding hydrogens is 271 g/mol. The first kappa shape index (κ1) is 18.5. The van der Waals surface area contributed by atoms with Crippen LogP contribution < -0.4 is 0 Å². The molecule has 0 aromatic rings. The summed E-state index contributed by atoms with van der Waals surface area (Å²) in [6.45, 7) is 3.14. The molecule has 0 aliphatic carbocycles. The Morgan fingerprint density at radius 1 is 0.444 bits per heavy atom.